The van der Waals surface area contributed by atoms with E-state index in [4.69, 9.17) is 0 Å². The molecule has 0 radical (unpaired) electrons. The Hall–Kier alpha value is -4.14. The first-order chi connectivity index (χ1) is 16.1. The van der Waals surface area contributed by atoms with E-state index in [0.717, 1.165) is 0 Å². The number of nitrogens with zero attached hydrogens (tertiary/aromatic N) is 7. The molecule has 4 aromatic heterocycles. The van der Waals surface area contributed by atoms with Crippen LogP contribution in [0.25, 0.3) is 33.3 Å². The van der Waals surface area contributed by atoms with Crippen molar-refractivity contribution in [1.29, 1.82) is 5.26 Å². The number of halogens is 3. The predicted molar refractivity (Wildman–Crippen MR) is 117 cm³/mol. The van der Waals surface area contributed by atoms with Crippen LogP contribution in [-0.2, 0) is 24.6 Å². The van der Waals surface area contributed by atoms with Crippen molar-refractivity contribution in [2.75, 3.05) is 11.9 Å². The van der Waals surface area contributed by atoms with Crippen LogP contribution in [0.15, 0.2) is 18.5 Å². The summed E-state index contributed by atoms with van der Waals surface area (Å²) in [6.45, 7) is 1.81. The van der Waals surface area contributed by atoms with E-state index >= 15 is 0 Å². The lowest BCUT2D eigenvalue weighted by Gasteiger charge is -2.16. The Labute approximate surface area is 191 Å². The summed E-state index contributed by atoms with van der Waals surface area (Å²) < 4.78 is 44.4. The molecule has 0 saturated carbocycles. The van der Waals surface area contributed by atoms with Gasteiger partial charge in [-0.1, -0.05) is 0 Å². The normalized spacial score (nSPS) is 14.4. The van der Waals surface area contributed by atoms with E-state index < -0.39 is 11.9 Å². The van der Waals surface area contributed by atoms with Crippen molar-refractivity contribution in [1.82, 2.24) is 29.5 Å². The molecule has 4 aromatic rings. The molecule has 4 bridgehead atoms. The van der Waals surface area contributed by atoms with Gasteiger partial charge in [0.2, 0.25) is 5.91 Å². The maximum atomic E-state index is 13.9. The van der Waals surface area contributed by atoms with Crippen LogP contribution in [0.2, 0.25) is 0 Å². The van der Waals surface area contributed by atoms with Gasteiger partial charge in [0.25, 0.3) is 0 Å². The van der Waals surface area contributed by atoms with Crippen LogP contribution in [0.5, 0.6) is 0 Å². The molecule has 0 saturated heterocycles. The van der Waals surface area contributed by atoms with Crippen molar-refractivity contribution in [3.05, 3.63) is 35.5 Å². The Kier molecular flexibility index (Phi) is 4.75. The van der Waals surface area contributed by atoms with Crippen LogP contribution < -0.4 is 4.90 Å². The average Bonchev–Trinajstić information content (AvgIpc) is 3.43. The third-order valence-electron chi connectivity index (χ3n) is 6.03. The molecule has 1 amide bonds. The summed E-state index contributed by atoms with van der Waals surface area (Å²) in [4.78, 5) is 21.7. The van der Waals surface area contributed by atoms with Crippen LogP contribution in [0.1, 0.15) is 29.9 Å². The van der Waals surface area contributed by atoms with Gasteiger partial charge in [0.1, 0.15) is 17.4 Å². The molecule has 0 aromatic carbocycles. The average molecular weight is 468 g/mol. The first-order valence-corrected chi connectivity index (χ1v) is 10.5. The van der Waals surface area contributed by atoms with E-state index in [9.17, 15) is 23.2 Å². The molecule has 0 aliphatic carbocycles. The number of pyridine rings is 1. The number of hydrogen-bond donors (Lipinski definition) is 1. The largest absolute Gasteiger partial charge is 0.435 e. The van der Waals surface area contributed by atoms with Gasteiger partial charge >= 0.3 is 6.18 Å². The van der Waals surface area contributed by atoms with Gasteiger partial charge in [-0.15, -0.1) is 0 Å². The standard InChI is InChI=1S/C22H19F3N8O/c1-11-17-13-7-12(9-27-20(13)28-11)18-15(8-26)32(3)30-21(18)31(2)16(34)5-4-6-33-10-14(17)19(29-33)22(23,24)25/h7,9-10H,4-6H2,1-3H3,(H,27,28). The Morgan fingerprint density at radius 2 is 1.97 bits per heavy atom. The maximum absolute atomic E-state index is 13.9. The topological polar surface area (TPSA) is 108 Å². The Morgan fingerprint density at radius 1 is 1.21 bits per heavy atom. The number of H-pyrrole nitrogens is 1. The van der Waals surface area contributed by atoms with E-state index in [2.05, 4.69) is 26.2 Å². The van der Waals surface area contributed by atoms with Gasteiger partial charge in [0.15, 0.2) is 11.5 Å². The van der Waals surface area contributed by atoms with Crippen LogP contribution in [0.3, 0.4) is 0 Å². The summed E-state index contributed by atoms with van der Waals surface area (Å²) in [5.74, 6) is 0.00216. The van der Waals surface area contributed by atoms with Crippen LogP contribution in [0, 0.1) is 18.3 Å². The van der Waals surface area contributed by atoms with Gasteiger partial charge in [-0.2, -0.15) is 28.6 Å². The lowest BCUT2D eigenvalue weighted by atomic mass is 10.00. The van der Waals surface area contributed by atoms with Gasteiger partial charge in [-0.25, -0.2) is 4.98 Å². The molecule has 34 heavy (non-hydrogen) atoms. The van der Waals surface area contributed by atoms with E-state index in [0.29, 0.717) is 33.4 Å². The number of aromatic nitrogens is 6. The van der Waals surface area contributed by atoms with Crippen molar-refractivity contribution in [2.45, 2.75) is 32.5 Å². The number of alkyl halides is 3. The molecule has 1 N–H and O–H groups in total. The molecule has 0 atom stereocenters. The Balaban J connectivity index is 1.87. The molecule has 5 heterocycles. The second-order valence-corrected chi connectivity index (χ2v) is 8.24. The number of aryl methyl sites for hydroxylation is 3. The lowest BCUT2D eigenvalue weighted by Crippen LogP contribution is -2.27. The number of fused-ring (bicyclic) bond motifs is 6. The Morgan fingerprint density at radius 3 is 2.68 bits per heavy atom. The van der Waals surface area contributed by atoms with Gasteiger partial charge in [-0.3, -0.25) is 19.1 Å². The van der Waals surface area contributed by atoms with Gasteiger partial charge in [0, 0.05) is 67.2 Å². The summed E-state index contributed by atoms with van der Waals surface area (Å²) in [5.41, 5.74) is 1.25. The second kappa shape index (κ2) is 7.44. The highest BCUT2D eigenvalue weighted by atomic mass is 19.4. The first-order valence-electron chi connectivity index (χ1n) is 10.5. The number of rotatable bonds is 0. The summed E-state index contributed by atoms with van der Waals surface area (Å²) in [6, 6.07) is 3.78. The summed E-state index contributed by atoms with van der Waals surface area (Å²) in [6.07, 6.45) is -1.45. The quantitative estimate of drug-likeness (QED) is 0.423. The predicted octanol–water partition coefficient (Wildman–Crippen LogP) is 3.78. The first kappa shape index (κ1) is 21.7. The van der Waals surface area contributed by atoms with Crippen molar-refractivity contribution in [3.63, 3.8) is 0 Å². The van der Waals surface area contributed by atoms with Gasteiger partial charge in [0.05, 0.1) is 5.56 Å². The monoisotopic (exact) mass is 468 g/mol. The number of carbonyl (C=O) groups excluding carboxylic acids is 1. The van der Waals surface area contributed by atoms with Crippen molar-refractivity contribution in [3.8, 4) is 28.3 Å². The third kappa shape index (κ3) is 3.23. The summed E-state index contributed by atoms with van der Waals surface area (Å²) in [5, 5.41) is 18.4. The molecule has 174 valence electrons. The maximum Gasteiger partial charge on any atom is 0.435 e. The Bertz CT molecular complexity index is 1500. The molecule has 5 rings (SSSR count). The zero-order chi connectivity index (χ0) is 24.4. The molecule has 1 aliphatic heterocycles. The molecule has 0 unspecified atom stereocenters. The highest BCUT2D eigenvalue weighted by Crippen LogP contribution is 2.42. The fourth-order valence-corrected chi connectivity index (χ4v) is 4.43. The van der Waals surface area contributed by atoms with Gasteiger partial charge in [-0.05, 0) is 19.4 Å². The number of hydrogen-bond acceptors (Lipinski definition) is 5. The molecular formula is C22H19F3N8O. The minimum Gasteiger partial charge on any atom is -0.343 e. The minimum atomic E-state index is -4.67. The van der Waals surface area contributed by atoms with E-state index in [-0.39, 0.29) is 42.4 Å². The number of amides is 1. The number of carbonyl (C=O) groups is 1. The van der Waals surface area contributed by atoms with Crippen molar-refractivity contribution < 1.29 is 18.0 Å². The molecule has 0 fully saturated rings. The van der Waals surface area contributed by atoms with Gasteiger partial charge < -0.3 is 4.98 Å². The van der Waals surface area contributed by atoms with E-state index in [1.54, 1.807) is 27.1 Å². The lowest BCUT2D eigenvalue weighted by molar-refractivity contribution is -0.141. The van der Waals surface area contributed by atoms with E-state index in [1.165, 1.54) is 26.7 Å². The number of nitriles is 1. The highest BCUT2D eigenvalue weighted by molar-refractivity contribution is 6.01. The summed E-state index contributed by atoms with van der Waals surface area (Å²) >= 11 is 0. The zero-order valence-electron chi connectivity index (χ0n) is 18.5. The highest BCUT2D eigenvalue weighted by Gasteiger charge is 2.39. The number of aromatic amines is 1. The van der Waals surface area contributed by atoms with Crippen molar-refractivity contribution in [2.24, 2.45) is 7.05 Å². The fraction of sp³-hybridized carbons (Fsp3) is 0.318. The van der Waals surface area contributed by atoms with Crippen LogP contribution in [-0.4, -0.2) is 42.5 Å². The number of nitrogens with one attached hydrogen (secondary N) is 1. The van der Waals surface area contributed by atoms with Crippen LogP contribution >= 0.6 is 0 Å². The molecule has 1 aliphatic rings. The smallest absolute Gasteiger partial charge is 0.343 e. The molecule has 9 nitrogen and oxygen atoms in total. The fourth-order valence-electron chi connectivity index (χ4n) is 4.43. The SMILES string of the molecule is Cc1[nH]c2ncc3cc2c1-c1cn(nc1C(F)(F)F)CCCC(=O)N(C)c1nn(C)c(C#N)c1-3. The van der Waals surface area contributed by atoms with Crippen LogP contribution in [0.4, 0.5) is 19.0 Å². The molecular weight excluding hydrogens is 449 g/mol. The molecule has 0 spiro atoms. The summed E-state index contributed by atoms with van der Waals surface area (Å²) in [7, 11) is 3.16. The van der Waals surface area contributed by atoms with Crippen molar-refractivity contribution >= 4 is 22.8 Å². The molecule has 12 heteroatoms. The second-order valence-electron chi connectivity index (χ2n) is 8.24. The zero-order valence-corrected chi connectivity index (χ0v) is 18.5. The van der Waals surface area contributed by atoms with E-state index in [1.807, 2.05) is 0 Å². The minimum absolute atomic E-state index is 0.0661. The third-order valence-corrected chi connectivity index (χ3v) is 6.03. The number of anilines is 1.